The molecular weight excluding hydrogens is 336 g/mol. The summed E-state index contributed by atoms with van der Waals surface area (Å²) in [6.45, 7) is 4.08. The van der Waals surface area contributed by atoms with Crippen molar-refractivity contribution < 1.29 is 4.74 Å². The number of aryl methyl sites for hydroxylation is 2. The number of thiazole rings is 1. The Balaban J connectivity index is 2.03. The fourth-order valence-electron chi connectivity index (χ4n) is 2.11. The summed E-state index contributed by atoms with van der Waals surface area (Å²) < 4.78 is 8.09. The lowest BCUT2D eigenvalue weighted by molar-refractivity contribution is 0.484. The Morgan fingerprint density at radius 2 is 1.90 bits per heavy atom. The van der Waals surface area contributed by atoms with E-state index in [0.717, 1.165) is 31.6 Å². The third-order valence-corrected chi connectivity index (χ3v) is 5.18. The second kappa shape index (κ2) is 5.07. The first-order valence-corrected chi connectivity index (χ1v) is 7.80. The van der Waals surface area contributed by atoms with E-state index in [1.807, 2.05) is 38.1 Å². The lowest BCUT2D eigenvalue weighted by Crippen LogP contribution is -1.94. The van der Waals surface area contributed by atoms with Crippen molar-refractivity contribution in [1.82, 2.24) is 4.98 Å². The molecule has 0 amide bonds. The number of ether oxygens (including phenoxy) is 1. The third kappa shape index (κ3) is 2.27. The highest BCUT2D eigenvalue weighted by Gasteiger charge is 2.10. The smallest absolute Gasteiger partial charge is 0.152 e. The second-order valence-corrected chi connectivity index (χ2v) is 6.33. The zero-order valence-corrected chi connectivity index (χ0v) is 13.5. The number of rotatable bonds is 2. The van der Waals surface area contributed by atoms with Crippen LogP contribution in [-0.4, -0.2) is 4.98 Å². The van der Waals surface area contributed by atoms with E-state index in [1.165, 1.54) is 0 Å². The second-order valence-electron chi connectivity index (χ2n) is 4.65. The van der Waals surface area contributed by atoms with Gasteiger partial charge in [-0.15, -0.1) is 11.3 Å². The largest absolute Gasteiger partial charge is 0.455 e. The molecule has 0 spiro atoms. The molecule has 3 nitrogen and oxygen atoms in total. The van der Waals surface area contributed by atoms with Crippen molar-refractivity contribution >= 4 is 43.2 Å². The zero-order valence-electron chi connectivity index (χ0n) is 11.1. The lowest BCUT2D eigenvalue weighted by Gasteiger charge is -2.11. The summed E-state index contributed by atoms with van der Waals surface area (Å²) in [6, 6.07) is 7.85. The molecule has 0 radical (unpaired) electrons. The van der Waals surface area contributed by atoms with Gasteiger partial charge in [0.25, 0.3) is 0 Å². The molecule has 0 bridgehead atoms. The minimum atomic E-state index is 0.585. The Labute approximate surface area is 129 Å². The molecule has 20 heavy (non-hydrogen) atoms. The van der Waals surface area contributed by atoms with Gasteiger partial charge in [-0.05, 0) is 49.2 Å². The van der Waals surface area contributed by atoms with E-state index in [-0.39, 0.29) is 0 Å². The van der Waals surface area contributed by atoms with Gasteiger partial charge < -0.3 is 10.5 Å². The van der Waals surface area contributed by atoms with Crippen LogP contribution in [0.4, 0.5) is 5.69 Å². The maximum absolute atomic E-state index is 6.13. The average molecular weight is 349 g/mol. The van der Waals surface area contributed by atoms with E-state index in [0.29, 0.717) is 11.4 Å². The van der Waals surface area contributed by atoms with Gasteiger partial charge in [-0.2, -0.15) is 0 Å². The summed E-state index contributed by atoms with van der Waals surface area (Å²) in [5.41, 5.74) is 11.6. The monoisotopic (exact) mass is 348 g/mol. The summed E-state index contributed by atoms with van der Waals surface area (Å²) in [5.74, 6) is 1.43. The van der Waals surface area contributed by atoms with Crippen molar-refractivity contribution in [3.8, 4) is 11.5 Å². The molecule has 0 aliphatic carbocycles. The Morgan fingerprint density at radius 3 is 2.60 bits per heavy atom. The summed E-state index contributed by atoms with van der Waals surface area (Å²) in [6.07, 6.45) is 0. The van der Waals surface area contributed by atoms with Crippen LogP contribution in [0.15, 0.2) is 34.2 Å². The Bertz CT molecular complexity index is 775. The number of fused-ring (bicyclic) bond motifs is 1. The summed E-state index contributed by atoms with van der Waals surface area (Å²) >= 11 is 5.12. The summed E-state index contributed by atoms with van der Waals surface area (Å²) in [5, 5.41) is 0. The highest BCUT2D eigenvalue weighted by atomic mass is 79.9. The van der Waals surface area contributed by atoms with Gasteiger partial charge in [0.2, 0.25) is 0 Å². The highest BCUT2D eigenvalue weighted by Crippen LogP contribution is 2.36. The summed E-state index contributed by atoms with van der Waals surface area (Å²) in [4.78, 5) is 4.28. The maximum Gasteiger partial charge on any atom is 0.152 e. The average Bonchev–Trinajstić information content (AvgIpc) is 2.88. The molecule has 3 rings (SSSR count). The van der Waals surface area contributed by atoms with Crippen molar-refractivity contribution in [1.29, 1.82) is 0 Å². The first kappa shape index (κ1) is 13.4. The molecular formula is C15H13BrN2OS. The van der Waals surface area contributed by atoms with Crippen LogP contribution in [0.5, 0.6) is 11.5 Å². The lowest BCUT2D eigenvalue weighted by atomic mass is 10.1. The molecule has 0 saturated carbocycles. The van der Waals surface area contributed by atoms with E-state index in [4.69, 9.17) is 10.5 Å². The molecule has 0 unspecified atom stereocenters. The van der Waals surface area contributed by atoms with Crippen molar-refractivity contribution in [2.45, 2.75) is 13.8 Å². The number of nitrogen functional groups attached to an aromatic ring is 1. The van der Waals surface area contributed by atoms with Crippen molar-refractivity contribution in [3.63, 3.8) is 0 Å². The molecule has 0 aliphatic heterocycles. The highest BCUT2D eigenvalue weighted by molar-refractivity contribution is 9.10. The number of nitrogens with zero attached hydrogens (tertiary/aromatic N) is 1. The summed E-state index contributed by atoms with van der Waals surface area (Å²) in [7, 11) is 0. The molecule has 5 heteroatoms. The molecule has 102 valence electrons. The van der Waals surface area contributed by atoms with Crippen LogP contribution >= 0.6 is 27.3 Å². The molecule has 1 heterocycles. The quantitative estimate of drug-likeness (QED) is 0.659. The van der Waals surface area contributed by atoms with Gasteiger partial charge in [0.05, 0.1) is 10.2 Å². The molecule has 3 aromatic rings. The van der Waals surface area contributed by atoms with Crippen LogP contribution in [0.1, 0.15) is 11.1 Å². The normalized spacial score (nSPS) is 10.9. The van der Waals surface area contributed by atoms with E-state index in [2.05, 4.69) is 20.9 Å². The SMILES string of the molecule is Cc1cc(Oc2ccc3scnc3c2N)cc(C)c1Br. The van der Waals surface area contributed by atoms with E-state index >= 15 is 0 Å². The fraction of sp³-hybridized carbons (Fsp3) is 0.133. The molecule has 0 aliphatic rings. The third-order valence-electron chi connectivity index (χ3n) is 3.14. The fourth-order valence-corrected chi connectivity index (χ4v) is 3.04. The zero-order chi connectivity index (χ0) is 14.3. The standard InChI is InChI=1S/C15H13BrN2OS/c1-8-5-10(6-9(2)13(8)16)19-11-3-4-12-15(14(11)17)18-7-20-12/h3-7H,17H2,1-2H3. The molecule has 1 aromatic heterocycles. The molecule has 0 fully saturated rings. The Kier molecular flexibility index (Phi) is 3.40. The van der Waals surface area contributed by atoms with Gasteiger partial charge in [-0.3, -0.25) is 0 Å². The predicted octanol–water partition coefficient (Wildman–Crippen LogP) is 5.05. The van der Waals surface area contributed by atoms with Gasteiger partial charge >= 0.3 is 0 Å². The number of aromatic nitrogens is 1. The van der Waals surface area contributed by atoms with Crippen molar-refractivity contribution in [2.75, 3.05) is 5.73 Å². The topological polar surface area (TPSA) is 48.1 Å². The van der Waals surface area contributed by atoms with Gasteiger partial charge in [0, 0.05) is 4.47 Å². The van der Waals surface area contributed by atoms with Crippen molar-refractivity contribution in [3.05, 3.63) is 45.4 Å². The van der Waals surface area contributed by atoms with Gasteiger partial charge in [0.15, 0.2) is 5.75 Å². The number of hydrogen-bond acceptors (Lipinski definition) is 4. The van der Waals surface area contributed by atoms with Crippen LogP contribution in [0.2, 0.25) is 0 Å². The number of hydrogen-bond donors (Lipinski definition) is 1. The van der Waals surface area contributed by atoms with Crippen LogP contribution in [-0.2, 0) is 0 Å². The van der Waals surface area contributed by atoms with E-state index in [9.17, 15) is 0 Å². The number of anilines is 1. The van der Waals surface area contributed by atoms with Gasteiger partial charge in [-0.1, -0.05) is 15.9 Å². The molecule has 0 saturated heterocycles. The first-order valence-electron chi connectivity index (χ1n) is 6.12. The predicted molar refractivity (Wildman–Crippen MR) is 87.7 cm³/mol. The molecule has 2 N–H and O–H groups in total. The van der Waals surface area contributed by atoms with Crippen molar-refractivity contribution in [2.24, 2.45) is 0 Å². The maximum atomic E-state index is 6.13. The Morgan fingerprint density at radius 1 is 1.20 bits per heavy atom. The number of benzene rings is 2. The molecule has 0 atom stereocenters. The minimum Gasteiger partial charge on any atom is -0.455 e. The van der Waals surface area contributed by atoms with E-state index in [1.54, 1.807) is 16.8 Å². The Hall–Kier alpha value is -1.59. The van der Waals surface area contributed by atoms with E-state index < -0.39 is 0 Å². The van der Waals surface area contributed by atoms with Gasteiger partial charge in [0.1, 0.15) is 17.0 Å². The van der Waals surface area contributed by atoms with Gasteiger partial charge in [-0.25, -0.2) is 4.98 Å². The van der Waals surface area contributed by atoms with Crippen LogP contribution in [0.25, 0.3) is 10.2 Å². The first-order chi connectivity index (χ1) is 9.56. The van der Waals surface area contributed by atoms with Crippen LogP contribution < -0.4 is 10.5 Å². The number of nitrogens with two attached hydrogens (primary N) is 1. The van der Waals surface area contributed by atoms with Crippen LogP contribution in [0, 0.1) is 13.8 Å². The minimum absolute atomic E-state index is 0.585. The number of halogens is 1. The molecule has 2 aromatic carbocycles. The van der Waals surface area contributed by atoms with Crippen LogP contribution in [0.3, 0.4) is 0 Å².